The number of anilines is 1. The van der Waals surface area contributed by atoms with Gasteiger partial charge < -0.3 is 9.88 Å². The minimum Gasteiger partial charge on any atom is -0.365 e. The number of aromatic nitrogens is 3. The number of hydrogen-bond donors (Lipinski definition) is 1. The maximum absolute atomic E-state index is 14.1. The average Bonchev–Trinajstić information content (AvgIpc) is 3.06. The molecule has 0 aliphatic carbocycles. The Morgan fingerprint density at radius 3 is 2.62 bits per heavy atom. The van der Waals surface area contributed by atoms with E-state index in [4.69, 9.17) is 0 Å². The molecule has 3 aromatic rings. The number of nitrogens with one attached hydrogen (secondary N) is 1. The molecule has 0 aliphatic heterocycles. The standard InChI is InChI=1S/C16H12F4N4/c17-13-8-11(3-4-14(13)24-7-6-21-10-24)9-23-15-12(16(18,19)20)2-1-5-22-15/h1-8,10H,9H2,(H,22,23). The predicted octanol–water partition coefficient (Wildman–Crippen LogP) is 4.04. The summed E-state index contributed by atoms with van der Waals surface area (Å²) in [6.07, 6.45) is 1.34. The highest BCUT2D eigenvalue weighted by Crippen LogP contribution is 2.33. The summed E-state index contributed by atoms with van der Waals surface area (Å²) in [5, 5.41) is 2.60. The highest BCUT2D eigenvalue weighted by molar-refractivity contribution is 5.46. The topological polar surface area (TPSA) is 42.7 Å². The van der Waals surface area contributed by atoms with Crippen LogP contribution in [-0.2, 0) is 12.7 Å². The maximum Gasteiger partial charge on any atom is 0.419 e. The SMILES string of the molecule is Fc1cc(CNc2ncccc2C(F)(F)F)ccc1-n1ccnc1. The van der Waals surface area contributed by atoms with Crippen molar-refractivity contribution < 1.29 is 17.6 Å². The Morgan fingerprint density at radius 1 is 1.12 bits per heavy atom. The molecule has 4 nitrogen and oxygen atoms in total. The molecule has 8 heteroatoms. The molecular formula is C16H12F4N4. The van der Waals surface area contributed by atoms with Gasteiger partial charge in [0.1, 0.15) is 11.6 Å². The summed E-state index contributed by atoms with van der Waals surface area (Å²) in [7, 11) is 0. The minimum atomic E-state index is -4.51. The second-order valence-electron chi connectivity index (χ2n) is 5.01. The van der Waals surface area contributed by atoms with Crippen LogP contribution in [0.25, 0.3) is 5.69 Å². The molecule has 2 aromatic heterocycles. The van der Waals surface area contributed by atoms with Crippen molar-refractivity contribution in [1.29, 1.82) is 0 Å². The molecule has 0 unspecified atom stereocenters. The number of imidazole rings is 1. The van der Waals surface area contributed by atoms with Gasteiger partial charge in [0.2, 0.25) is 0 Å². The van der Waals surface area contributed by atoms with Crippen LogP contribution in [0.3, 0.4) is 0 Å². The van der Waals surface area contributed by atoms with Crippen molar-refractivity contribution in [3.63, 3.8) is 0 Å². The van der Waals surface area contributed by atoms with Crippen molar-refractivity contribution in [3.8, 4) is 5.69 Å². The van der Waals surface area contributed by atoms with E-state index in [9.17, 15) is 17.6 Å². The number of alkyl halides is 3. The van der Waals surface area contributed by atoms with Crippen LogP contribution in [0.4, 0.5) is 23.4 Å². The van der Waals surface area contributed by atoms with Crippen LogP contribution >= 0.6 is 0 Å². The molecule has 1 N–H and O–H groups in total. The van der Waals surface area contributed by atoms with Gasteiger partial charge in [-0.15, -0.1) is 0 Å². The highest BCUT2D eigenvalue weighted by atomic mass is 19.4. The van der Waals surface area contributed by atoms with Gasteiger partial charge in [-0.25, -0.2) is 14.4 Å². The third-order valence-electron chi connectivity index (χ3n) is 3.37. The Morgan fingerprint density at radius 2 is 1.96 bits per heavy atom. The number of pyridine rings is 1. The Labute approximate surface area is 134 Å². The van der Waals surface area contributed by atoms with Crippen molar-refractivity contribution in [2.45, 2.75) is 12.7 Å². The van der Waals surface area contributed by atoms with Crippen molar-refractivity contribution in [2.24, 2.45) is 0 Å². The molecule has 0 saturated heterocycles. The monoisotopic (exact) mass is 336 g/mol. The lowest BCUT2D eigenvalue weighted by Crippen LogP contribution is -2.12. The van der Waals surface area contributed by atoms with Crippen LogP contribution in [-0.4, -0.2) is 14.5 Å². The molecule has 2 heterocycles. The lowest BCUT2D eigenvalue weighted by molar-refractivity contribution is -0.137. The summed E-state index contributed by atoms with van der Waals surface area (Å²) in [4.78, 5) is 7.54. The average molecular weight is 336 g/mol. The second kappa shape index (κ2) is 6.31. The van der Waals surface area contributed by atoms with Gasteiger partial charge in [0.15, 0.2) is 0 Å². The first-order valence-electron chi connectivity index (χ1n) is 6.98. The minimum absolute atomic E-state index is 0.0151. The summed E-state index contributed by atoms with van der Waals surface area (Å²) >= 11 is 0. The van der Waals surface area contributed by atoms with Gasteiger partial charge in [-0.1, -0.05) is 6.07 Å². The number of nitrogens with zero attached hydrogens (tertiary/aromatic N) is 3. The van der Waals surface area contributed by atoms with Crippen molar-refractivity contribution >= 4 is 5.82 Å². The van der Waals surface area contributed by atoms with Gasteiger partial charge in [0.25, 0.3) is 0 Å². The zero-order valence-corrected chi connectivity index (χ0v) is 12.3. The molecule has 0 radical (unpaired) electrons. The fourth-order valence-electron chi connectivity index (χ4n) is 2.23. The quantitative estimate of drug-likeness (QED) is 0.731. The first kappa shape index (κ1) is 16.0. The summed E-state index contributed by atoms with van der Waals surface area (Å²) in [6.45, 7) is 0.0151. The molecule has 0 fully saturated rings. The Balaban J connectivity index is 1.78. The first-order chi connectivity index (χ1) is 11.4. The van der Waals surface area contributed by atoms with Gasteiger partial charge in [-0.3, -0.25) is 0 Å². The molecule has 3 rings (SSSR count). The van der Waals surface area contributed by atoms with Gasteiger partial charge in [0, 0.05) is 25.1 Å². The maximum atomic E-state index is 14.1. The van der Waals surface area contributed by atoms with E-state index in [1.165, 1.54) is 41.5 Å². The van der Waals surface area contributed by atoms with Gasteiger partial charge in [-0.05, 0) is 29.8 Å². The molecule has 0 saturated carbocycles. The fourth-order valence-corrected chi connectivity index (χ4v) is 2.23. The van der Waals surface area contributed by atoms with Crippen LogP contribution in [0.15, 0.2) is 55.2 Å². The Hall–Kier alpha value is -2.90. The van der Waals surface area contributed by atoms with Crippen molar-refractivity contribution in [2.75, 3.05) is 5.32 Å². The fraction of sp³-hybridized carbons (Fsp3) is 0.125. The molecule has 0 bridgehead atoms. The highest BCUT2D eigenvalue weighted by Gasteiger charge is 2.33. The molecule has 0 atom stereocenters. The van der Waals surface area contributed by atoms with E-state index in [0.29, 0.717) is 11.3 Å². The number of rotatable bonds is 4. The predicted molar refractivity (Wildman–Crippen MR) is 80.1 cm³/mol. The molecule has 0 spiro atoms. The molecule has 24 heavy (non-hydrogen) atoms. The van der Waals surface area contributed by atoms with Gasteiger partial charge >= 0.3 is 6.18 Å². The molecule has 0 aliphatic rings. The number of benzene rings is 1. The molecule has 0 amide bonds. The van der Waals surface area contributed by atoms with E-state index in [1.807, 2.05) is 0 Å². The lowest BCUT2D eigenvalue weighted by atomic mass is 10.2. The second-order valence-corrected chi connectivity index (χ2v) is 5.01. The van der Waals surface area contributed by atoms with Crippen molar-refractivity contribution in [3.05, 3.63) is 72.2 Å². The largest absolute Gasteiger partial charge is 0.419 e. The van der Waals surface area contributed by atoms with E-state index >= 15 is 0 Å². The molecular weight excluding hydrogens is 324 g/mol. The summed E-state index contributed by atoms with van der Waals surface area (Å²) in [5.41, 5.74) is -0.0549. The van der Waals surface area contributed by atoms with Crippen LogP contribution < -0.4 is 5.32 Å². The zero-order valence-electron chi connectivity index (χ0n) is 12.3. The summed E-state index contributed by atoms with van der Waals surface area (Å²) in [6, 6.07) is 6.59. The third kappa shape index (κ3) is 3.37. The van der Waals surface area contributed by atoms with E-state index in [-0.39, 0.29) is 12.4 Å². The van der Waals surface area contributed by atoms with E-state index in [1.54, 1.807) is 12.3 Å². The number of hydrogen-bond acceptors (Lipinski definition) is 3. The normalized spacial score (nSPS) is 11.5. The zero-order chi connectivity index (χ0) is 17.2. The van der Waals surface area contributed by atoms with Gasteiger partial charge in [-0.2, -0.15) is 13.2 Å². The van der Waals surface area contributed by atoms with E-state index in [2.05, 4.69) is 15.3 Å². The van der Waals surface area contributed by atoms with Crippen LogP contribution in [0, 0.1) is 5.82 Å². The number of halogens is 4. The van der Waals surface area contributed by atoms with Crippen LogP contribution in [0.2, 0.25) is 0 Å². The Bertz CT molecular complexity index is 828. The summed E-state index contributed by atoms with van der Waals surface area (Å²) < 4.78 is 54.3. The van der Waals surface area contributed by atoms with Crippen LogP contribution in [0.1, 0.15) is 11.1 Å². The van der Waals surface area contributed by atoms with Crippen molar-refractivity contribution in [1.82, 2.24) is 14.5 Å². The lowest BCUT2D eigenvalue weighted by Gasteiger charge is -2.13. The smallest absolute Gasteiger partial charge is 0.365 e. The van der Waals surface area contributed by atoms with Gasteiger partial charge in [0.05, 0.1) is 17.6 Å². The van der Waals surface area contributed by atoms with E-state index < -0.39 is 17.6 Å². The first-order valence-corrected chi connectivity index (χ1v) is 6.98. The third-order valence-corrected chi connectivity index (χ3v) is 3.37. The summed E-state index contributed by atoms with van der Waals surface area (Å²) in [5.74, 6) is -0.784. The van der Waals surface area contributed by atoms with E-state index in [0.717, 1.165) is 6.07 Å². The molecule has 1 aromatic carbocycles. The Kier molecular flexibility index (Phi) is 4.20. The molecule has 124 valence electrons. The van der Waals surface area contributed by atoms with Crippen LogP contribution in [0.5, 0.6) is 0 Å².